The number of hydrazine groups is 1. The lowest BCUT2D eigenvalue weighted by Crippen LogP contribution is -2.40. The molecule has 24 heavy (non-hydrogen) atoms. The van der Waals surface area contributed by atoms with E-state index in [0.717, 1.165) is 5.56 Å². The third kappa shape index (κ3) is 3.94. The van der Waals surface area contributed by atoms with Crippen molar-refractivity contribution in [2.24, 2.45) is 0 Å². The summed E-state index contributed by atoms with van der Waals surface area (Å²) in [5.41, 5.74) is 4.08. The highest BCUT2D eigenvalue weighted by molar-refractivity contribution is 7.89. The molecular formula is C15H15N3O5S. The Morgan fingerprint density at radius 1 is 1.12 bits per heavy atom. The van der Waals surface area contributed by atoms with E-state index < -0.39 is 20.9 Å². The van der Waals surface area contributed by atoms with Crippen LogP contribution in [0.4, 0.5) is 5.69 Å². The third-order valence-electron chi connectivity index (χ3n) is 3.27. The van der Waals surface area contributed by atoms with Gasteiger partial charge in [-0.15, -0.1) is 4.83 Å². The van der Waals surface area contributed by atoms with Crippen LogP contribution in [0.5, 0.6) is 0 Å². The average molecular weight is 349 g/mol. The van der Waals surface area contributed by atoms with E-state index in [1.54, 1.807) is 18.2 Å². The van der Waals surface area contributed by atoms with Gasteiger partial charge in [-0.25, -0.2) is 8.42 Å². The molecule has 0 fully saturated rings. The van der Waals surface area contributed by atoms with Gasteiger partial charge in [0.2, 0.25) is 5.91 Å². The molecule has 0 aliphatic heterocycles. The summed E-state index contributed by atoms with van der Waals surface area (Å²) in [5.74, 6) is -0.539. The van der Waals surface area contributed by atoms with Crippen LogP contribution in [0.1, 0.15) is 12.5 Å². The molecule has 0 aliphatic rings. The van der Waals surface area contributed by atoms with E-state index in [-0.39, 0.29) is 10.6 Å². The van der Waals surface area contributed by atoms with Crippen LogP contribution >= 0.6 is 0 Å². The molecule has 0 saturated carbocycles. The van der Waals surface area contributed by atoms with Gasteiger partial charge < -0.3 is 0 Å². The van der Waals surface area contributed by atoms with Gasteiger partial charge in [0.15, 0.2) is 0 Å². The number of nitrogens with zero attached hydrogens (tertiary/aromatic N) is 1. The predicted molar refractivity (Wildman–Crippen MR) is 87.4 cm³/mol. The van der Waals surface area contributed by atoms with Crippen LogP contribution in [-0.2, 0) is 14.8 Å². The van der Waals surface area contributed by atoms with E-state index in [9.17, 15) is 23.3 Å². The molecule has 0 atom stereocenters. The molecule has 2 rings (SSSR count). The largest absolute Gasteiger partial charge is 0.278 e. The first-order valence-corrected chi connectivity index (χ1v) is 8.33. The summed E-state index contributed by atoms with van der Waals surface area (Å²) < 4.78 is 24.0. The molecule has 126 valence electrons. The molecular weight excluding hydrogens is 334 g/mol. The van der Waals surface area contributed by atoms with Crippen LogP contribution in [0.15, 0.2) is 47.4 Å². The zero-order valence-electron chi connectivity index (χ0n) is 12.9. The fourth-order valence-corrected chi connectivity index (χ4v) is 2.94. The number of benzene rings is 2. The summed E-state index contributed by atoms with van der Waals surface area (Å²) in [6.45, 7) is 2.98. The number of nitro benzene ring substituents is 1. The number of carbonyl (C=O) groups excluding carboxylic acids is 1. The molecule has 0 aromatic heterocycles. The van der Waals surface area contributed by atoms with E-state index in [1.807, 2.05) is 17.2 Å². The van der Waals surface area contributed by atoms with Gasteiger partial charge in [0.1, 0.15) is 0 Å². The zero-order valence-corrected chi connectivity index (χ0v) is 13.8. The highest BCUT2D eigenvalue weighted by atomic mass is 32.2. The van der Waals surface area contributed by atoms with Crippen molar-refractivity contribution in [3.05, 3.63) is 58.1 Å². The SMILES string of the molecule is CC(=O)NNS(=O)(=O)c1ccc(-c2cc([N+](=O)[O-])ccc2C)cc1. The first-order chi connectivity index (χ1) is 11.2. The van der Waals surface area contributed by atoms with E-state index in [4.69, 9.17) is 0 Å². The lowest BCUT2D eigenvalue weighted by molar-refractivity contribution is -0.384. The number of nitro groups is 1. The Kier molecular flexibility index (Phi) is 4.96. The van der Waals surface area contributed by atoms with Gasteiger partial charge in [-0.2, -0.15) is 0 Å². The highest BCUT2D eigenvalue weighted by Crippen LogP contribution is 2.28. The Bertz CT molecular complexity index is 892. The van der Waals surface area contributed by atoms with Crippen LogP contribution in [-0.4, -0.2) is 19.2 Å². The Balaban J connectivity index is 2.35. The Hall–Kier alpha value is -2.78. The number of sulfonamides is 1. The normalized spacial score (nSPS) is 11.1. The molecule has 2 aromatic rings. The number of non-ortho nitro benzene ring substituents is 1. The molecule has 0 spiro atoms. The lowest BCUT2D eigenvalue weighted by Gasteiger charge is -2.09. The van der Waals surface area contributed by atoms with E-state index in [1.165, 1.54) is 31.2 Å². The second kappa shape index (κ2) is 6.77. The van der Waals surface area contributed by atoms with Gasteiger partial charge >= 0.3 is 0 Å². The molecule has 1 amide bonds. The fraction of sp³-hybridized carbons (Fsp3) is 0.133. The van der Waals surface area contributed by atoms with Crippen LogP contribution in [0.2, 0.25) is 0 Å². The number of hydrogen-bond donors (Lipinski definition) is 2. The van der Waals surface area contributed by atoms with Crippen LogP contribution in [0, 0.1) is 17.0 Å². The van der Waals surface area contributed by atoms with Crippen molar-refractivity contribution >= 4 is 21.6 Å². The minimum Gasteiger partial charge on any atom is -0.278 e. The second-order valence-corrected chi connectivity index (χ2v) is 6.75. The number of carbonyl (C=O) groups is 1. The number of aryl methyl sites for hydroxylation is 1. The summed E-state index contributed by atoms with van der Waals surface area (Å²) in [4.78, 5) is 23.1. The lowest BCUT2D eigenvalue weighted by atomic mass is 10.00. The molecule has 2 N–H and O–H groups in total. The topological polar surface area (TPSA) is 118 Å². The van der Waals surface area contributed by atoms with Crippen molar-refractivity contribution in [2.45, 2.75) is 18.7 Å². The molecule has 0 heterocycles. The maximum absolute atomic E-state index is 12.0. The molecule has 9 heteroatoms. The van der Waals surface area contributed by atoms with Crippen molar-refractivity contribution in [3.63, 3.8) is 0 Å². The smallest absolute Gasteiger partial charge is 0.270 e. The predicted octanol–water partition coefficient (Wildman–Crippen LogP) is 1.90. The van der Waals surface area contributed by atoms with Crippen molar-refractivity contribution < 1.29 is 18.1 Å². The highest BCUT2D eigenvalue weighted by Gasteiger charge is 2.15. The minimum atomic E-state index is -3.88. The van der Waals surface area contributed by atoms with Gasteiger partial charge in [0, 0.05) is 19.1 Å². The molecule has 0 unspecified atom stereocenters. The fourth-order valence-electron chi connectivity index (χ4n) is 2.05. The van der Waals surface area contributed by atoms with E-state index >= 15 is 0 Å². The maximum Gasteiger partial charge on any atom is 0.270 e. The number of amides is 1. The molecule has 0 saturated heterocycles. The first kappa shape index (κ1) is 17.6. The average Bonchev–Trinajstić information content (AvgIpc) is 2.53. The monoisotopic (exact) mass is 349 g/mol. The summed E-state index contributed by atoms with van der Waals surface area (Å²) >= 11 is 0. The van der Waals surface area contributed by atoms with Gasteiger partial charge in [-0.3, -0.25) is 20.3 Å². The molecule has 8 nitrogen and oxygen atoms in total. The van der Waals surface area contributed by atoms with Gasteiger partial charge in [0.05, 0.1) is 9.82 Å². The van der Waals surface area contributed by atoms with Crippen molar-refractivity contribution in [2.75, 3.05) is 0 Å². The minimum absolute atomic E-state index is 0.0388. The van der Waals surface area contributed by atoms with Crippen LogP contribution < -0.4 is 10.3 Å². The second-order valence-electron chi connectivity index (χ2n) is 5.07. The number of rotatable bonds is 5. The van der Waals surface area contributed by atoms with Crippen molar-refractivity contribution in [1.29, 1.82) is 0 Å². The van der Waals surface area contributed by atoms with E-state index in [0.29, 0.717) is 11.1 Å². The van der Waals surface area contributed by atoms with E-state index in [2.05, 4.69) is 0 Å². The molecule has 0 radical (unpaired) electrons. The van der Waals surface area contributed by atoms with Gasteiger partial charge in [-0.05, 0) is 35.7 Å². The maximum atomic E-state index is 12.0. The summed E-state index contributed by atoms with van der Waals surface area (Å²) in [6, 6.07) is 10.3. The van der Waals surface area contributed by atoms with Crippen LogP contribution in [0.25, 0.3) is 11.1 Å². The quantitative estimate of drug-likeness (QED) is 0.631. The Morgan fingerprint density at radius 3 is 2.29 bits per heavy atom. The van der Waals surface area contributed by atoms with Gasteiger partial charge in [-0.1, -0.05) is 18.2 Å². The molecule has 0 aliphatic carbocycles. The first-order valence-electron chi connectivity index (χ1n) is 6.84. The summed E-state index contributed by atoms with van der Waals surface area (Å²) in [7, 11) is -3.88. The summed E-state index contributed by atoms with van der Waals surface area (Å²) in [6.07, 6.45) is 0. The Morgan fingerprint density at radius 2 is 1.75 bits per heavy atom. The molecule has 2 aromatic carbocycles. The number of nitrogens with one attached hydrogen (secondary N) is 2. The van der Waals surface area contributed by atoms with Crippen molar-refractivity contribution in [3.8, 4) is 11.1 Å². The Labute approximate surface area is 138 Å². The van der Waals surface area contributed by atoms with Crippen molar-refractivity contribution in [1.82, 2.24) is 10.3 Å². The summed E-state index contributed by atoms with van der Waals surface area (Å²) in [5, 5.41) is 10.9. The van der Waals surface area contributed by atoms with Crippen LogP contribution in [0.3, 0.4) is 0 Å². The zero-order chi connectivity index (χ0) is 17.9. The third-order valence-corrected chi connectivity index (χ3v) is 4.53. The standard InChI is InChI=1S/C15H15N3O5S/c1-10-3-6-13(18(20)21)9-15(10)12-4-7-14(8-5-12)24(22,23)17-16-11(2)19/h3-9,17H,1-2H3,(H,16,19). The van der Waals surface area contributed by atoms with Gasteiger partial charge in [0.25, 0.3) is 15.7 Å². The molecule has 0 bridgehead atoms. The number of hydrogen-bond acceptors (Lipinski definition) is 5.